The number of aryl methyl sites for hydroxylation is 1. The lowest BCUT2D eigenvalue weighted by molar-refractivity contribution is 0.345. The summed E-state index contributed by atoms with van der Waals surface area (Å²) in [7, 11) is 0. The Bertz CT molecular complexity index is 714. The molecule has 0 bridgehead atoms. The zero-order chi connectivity index (χ0) is 20.8. The summed E-state index contributed by atoms with van der Waals surface area (Å²) in [6, 6.07) is 3.14. The summed E-state index contributed by atoms with van der Waals surface area (Å²) in [5.74, 6) is -1.50. The zero-order valence-electron chi connectivity index (χ0n) is 18.2. The van der Waals surface area contributed by atoms with Crippen molar-refractivity contribution in [3.05, 3.63) is 69.8 Å². The lowest BCUT2D eigenvalue weighted by Crippen LogP contribution is -2.23. The first kappa shape index (κ1) is 23.3. The third-order valence-corrected chi connectivity index (χ3v) is 5.56. The Morgan fingerprint density at radius 2 is 1.78 bits per heavy atom. The fraction of sp³-hybridized carbons (Fsp3) is 0.520. The van der Waals surface area contributed by atoms with Crippen LogP contribution in [0.5, 0.6) is 0 Å². The number of halogens is 2. The average molecular weight is 375 g/mol. The van der Waals surface area contributed by atoms with Gasteiger partial charge in [-0.15, -0.1) is 0 Å². The maximum absolute atomic E-state index is 14.0. The van der Waals surface area contributed by atoms with Gasteiger partial charge in [0.25, 0.3) is 0 Å². The summed E-state index contributed by atoms with van der Waals surface area (Å²) in [4.78, 5) is 0. The third kappa shape index (κ3) is 5.89. The molecule has 1 aromatic rings. The van der Waals surface area contributed by atoms with E-state index in [0.717, 1.165) is 36.8 Å². The van der Waals surface area contributed by atoms with E-state index in [1.807, 2.05) is 6.92 Å². The Morgan fingerprint density at radius 1 is 1.15 bits per heavy atom. The number of rotatable bonds is 9. The van der Waals surface area contributed by atoms with E-state index in [9.17, 15) is 8.78 Å². The number of unbranched alkanes of at least 4 members (excludes halogenated alkanes) is 1. The van der Waals surface area contributed by atoms with Crippen LogP contribution in [0.2, 0.25) is 0 Å². The predicted molar refractivity (Wildman–Crippen MR) is 114 cm³/mol. The van der Waals surface area contributed by atoms with Crippen molar-refractivity contribution in [2.24, 2.45) is 5.41 Å². The number of hydrogen-bond donors (Lipinski definition) is 0. The van der Waals surface area contributed by atoms with Crippen LogP contribution in [0.4, 0.5) is 8.78 Å². The molecule has 0 spiro atoms. The first-order valence-electron chi connectivity index (χ1n) is 10.1. The van der Waals surface area contributed by atoms with Gasteiger partial charge in [-0.05, 0) is 80.7 Å². The molecule has 0 heterocycles. The second-order valence-corrected chi connectivity index (χ2v) is 8.13. The molecule has 0 aliphatic carbocycles. The van der Waals surface area contributed by atoms with Gasteiger partial charge >= 0.3 is 0 Å². The fourth-order valence-corrected chi connectivity index (χ4v) is 3.99. The normalized spacial score (nSPS) is 15.4. The highest BCUT2D eigenvalue weighted by molar-refractivity contribution is 5.48. The molecule has 1 atom stereocenters. The molecule has 0 aliphatic heterocycles. The van der Waals surface area contributed by atoms with Crippen LogP contribution in [0, 0.1) is 24.0 Å². The summed E-state index contributed by atoms with van der Waals surface area (Å²) in [5, 5.41) is 0. The lowest BCUT2D eigenvalue weighted by atomic mass is 9.70. The highest BCUT2D eigenvalue weighted by atomic mass is 19.2. The largest absolute Gasteiger partial charge is 0.204 e. The van der Waals surface area contributed by atoms with Crippen molar-refractivity contribution < 1.29 is 8.78 Å². The molecule has 0 nitrogen and oxygen atoms in total. The Morgan fingerprint density at radius 3 is 2.26 bits per heavy atom. The van der Waals surface area contributed by atoms with Crippen LogP contribution in [0.25, 0.3) is 0 Å². The first-order valence-corrected chi connectivity index (χ1v) is 10.1. The maximum atomic E-state index is 14.0. The Balaban J connectivity index is 3.50. The minimum absolute atomic E-state index is 0.135. The van der Waals surface area contributed by atoms with Crippen LogP contribution < -0.4 is 0 Å². The van der Waals surface area contributed by atoms with Gasteiger partial charge < -0.3 is 0 Å². The quantitative estimate of drug-likeness (QED) is 0.382. The van der Waals surface area contributed by atoms with Crippen molar-refractivity contribution in [3.63, 3.8) is 0 Å². The minimum atomic E-state index is -0.758. The molecule has 0 fully saturated rings. The van der Waals surface area contributed by atoms with Crippen LogP contribution in [-0.2, 0) is 6.42 Å². The van der Waals surface area contributed by atoms with E-state index in [2.05, 4.69) is 47.3 Å². The highest BCUT2D eigenvalue weighted by Gasteiger charge is 2.29. The Hall–Kier alpha value is -1.70. The van der Waals surface area contributed by atoms with Crippen molar-refractivity contribution >= 4 is 0 Å². The van der Waals surface area contributed by atoms with Crippen molar-refractivity contribution in [1.82, 2.24) is 0 Å². The van der Waals surface area contributed by atoms with E-state index < -0.39 is 11.6 Å². The molecule has 0 radical (unpaired) electrons. The van der Waals surface area contributed by atoms with Crippen LogP contribution >= 0.6 is 0 Å². The van der Waals surface area contributed by atoms with E-state index >= 15 is 0 Å². The van der Waals surface area contributed by atoms with Crippen LogP contribution in [0.3, 0.4) is 0 Å². The molecule has 0 aliphatic rings. The molecule has 2 heteroatoms. The van der Waals surface area contributed by atoms with E-state index in [0.29, 0.717) is 12.0 Å². The van der Waals surface area contributed by atoms with E-state index in [-0.39, 0.29) is 5.41 Å². The SMILES string of the molecule is C=C(C)C(/C(C)=C\CC)=C(/C)C(C)(CCCC)Cc1cc(C)c(F)c(F)c1. The summed E-state index contributed by atoms with van der Waals surface area (Å²) >= 11 is 0. The number of allylic oxidation sites excluding steroid dienone is 5. The van der Waals surface area contributed by atoms with Crippen LogP contribution in [0.1, 0.15) is 78.4 Å². The van der Waals surface area contributed by atoms with Gasteiger partial charge in [0.1, 0.15) is 0 Å². The molecule has 0 aromatic heterocycles. The first-order chi connectivity index (χ1) is 12.6. The molecule has 0 N–H and O–H groups in total. The molecular formula is C25H36F2. The van der Waals surface area contributed by atoms with Crippen molar-refractivity contribution in [1.29, 1.82) is 0 Å². The molecular weight excluding hydrogens is 338 g/mol. The van der Waals surface area contributed by atoms with E-state index in [4.69, 9.17) is 0 Å². The summed E-state index contributed by atoms with van der Waals surface area (Å²) in [6.07, 6.45) is 7.10. The lowest BCUT2D eigenvalue weighted by Gasteiger charge is -2.34. The Kier molecular flexibility index (Phi) is 8.65. The zero-order valence-corrected chi connectivity index (χ0v) is 18.2. The Labute approximate surface area is 165 Å². The molecule has 27 heavy (non-hydrogen) atoms. The molecule has 0 saturated heterocycles. The van der Waals surface area contributed by atoms with Gasteiger partial charge in [-0.2, -0.15) is 0 Å². The van der Waals surface area contributed by atoms with E-state index in [1.165, 1.54) is 22.8 Å². The van der Waals surface area contributed by atoms with Gasteiger partial charge in [0.2, 0.25) is 0 Å². The minimum Gasteiger partial charge on any atom is -0.204 e. The average Bonchev–Trinajstić information content (AvgIpc) is 2.57. The van der Waals surface area contributed by atoms with Gasteiger partial charge in [0.15, 0.2) is 11.6 Å². The van der Waals surface area contributed by atoms with Crippen LogP contribution in [0.15, 0.2) is 47.1 Å². The van der Waals surface area contributed by atoms with Crippen molar-refractivity contribution in [2.75, 3.05) is 0 Å². The van der Waals surface area contributed by atoms with Gasteiger partial charge in [-0.1, -0.05) is 63.5 Å². The molecule has 0 saturated carbocycles. The van der Waals surface area contributed by atoms with Gasteiger partial charge in [-0.25, -0.2) is 8.78 Å². The third-order valence-electron chi connectivity index (χ3n) is 5.56. The van der Waals surface area contributed by atoms with Gasteiger partial charge in [0, 0.05) is 0 Å². The summed E-state index contributed by atoms with van der Waals surface area (Å²) in [5.41, 5.74) is 5.88. The molecule has 1 aromatic carbocycles. The molecule has 1 rings (SSSR count). The van der Waals surface area contributed by atoms with Gasteiger partial charge in [0.05, 0.1) is 0 Å². The topological polar surface area (TPSA) is 0 Å². The highest BCUT2D eigenvalue weighted by Crippen LogP contribution is 2.41. The fourth-order valence-electron chi connectivity index (χ4n) is 3.99. The summed E-state index contributed by atoms with van der Waals surface area (Å²) in [6.45, 7) is 18.8. The van der Waals surface area contributed by atoms with Crippen LogP contribution in [-0.4, -0.2) is 0 Å². The standard InChI is InChI=1S/C25H36F2/c1-9-11-13-25(8,16-21-14-19(6)24(27)22(26)15-21)20(7)23(17(3)4)18(5)12-10-2/h12,14-15H,3,9-11,13,16H2,1-2,4-8H3/b18-12-,23-20+. The monoisotopic (exact) mass is 374 g/mol. The van der Waals surface area contributed by atoms with Gasteiger partial charge in [-0.3, -0.25) is 0 Å². The van der Waals surface area contributed by atoms with E-state index in [1.54, 1.807) is 13.0 Å². The number of benzene rings is 1. The second-order valence-electron chi connectivity index (χ2n) is 8.13. The maximum Gasteiger partial charge on any atom is 0.161 e. The molecule has 0 amide bonds. The molecule has 1 unspecified atom stereocenters. The second kappa shape index (κ2) is 10.0. The van der Waals surface area contributed by atoms with Crippen molar-refractivity contribution in [3.8, 4) is 0 Å². The predicted octanol–water partition coefficient (Wildman–Crippen LogP) is 8.26. The molecule has 150 valence electrons. The smallest absolute Gasteiger partial charge is 0.161 e. The summed E-state index contributed by atoms with van der Waals surface area (Å²) < 4.78 is 27.7. The number of hydrogen-bond acceptors (Lipinski definition) is 0. The van der Waals surface area contributed by atoms with Crippen molar-refractivity contribution in [2.45, 2.75) is 80.6 Å².